The maximum Gasteiger partial charge on any atom is 0.417 e. The predicted molar refractivity (Wildman–Crippen MR) is 338 cm³/mol. The number of halogens is 11. The average molecular weight is 1630 g/mol. The van der Waals surface area contributed by atoms with Gasteiger partial charge in [-0.15, -0.1) is 35.9 Å². The molecular formula is C66H79ClF10IrN6O16-2. The van der Waals surface area contributed by atoms with E-state index in [0.717, 1.165) is 62.1 Å². The van der Waals surface area contributed by atoms with Crippen LogP contribution in [0.15, 0.2) is 97.6 Å². The quantitative estimate of drug-likeness (QED) is 0.0139. The summed E-state index contributed by atoms with van der Waals surface area (Å²) >= 11 is 5.65. The molecule has 3 N–H and O–H groups in total. The van der Waals surface area contributed by atoms with Gasteiger partial charge in [-0.3, -0.25) is 27.5 Å². The van der Waals surface area contributed by atoms with Gasteiger partial charge < -0.3 is 87.3 Å². The molecule has 0 bridgehead atoms. The summed E-state index contributed by atoms with van der Waals surface area (Å²) in [5, 5.41) is 13.9. The number of alkyl carbamates (subject to hydrolysis) is 2. The van der Waals surface area contributed by atoms with Crippen LogP contribution in [0.1, 0.15) is 36.8 Å². The number of ether oxygens (including phenoxy) is 13. The number of carbonyl (C=O) groups excluding carboxylic acids is 2. The van der Waals surface area contributed by atoms with E-state index in [1.165, 1.54) is 0 Å². The molecule has 100 heavy (non-hydrogen) atoms. The fourth-order valence-corrected chi connectivity index (χ4v) is 7.77. The Labute approximate surface area is 590 Å². The van der Waals surface area contributed by atoms with E-state index in [9.17, 15) is 53.5 Å². The Morgan fingerprint density at radius 1 is 0.430 bits per heavy atom. The molecule has 22 nitrogen and oxygen atoms in total. The van der Waals surface area contributed by atoms with Gasteiger partial charge >= 0.3 is 24.5 Å². The first-order valence-electron chi connectivity index (χ1n) is 31.0. The summed E-state index contributed by atoms with van der Waals surface area (Å²) in [7, 11) is 0. The number of aromatic nitrogens is 4. The van der Waals surface area contributed by atoms with Gasteiger partial charge in [0.1, 0.15) is 37.9 Å². The number of pyridine rings is 4. The van der Waals surface area contributed by atoms with Gasteiger partial charge in [-0.05, 0) is 36.4 Å². The van der Waals surface area contributed by atoms with E-state index < -0.39 is 58.9 Å². The van der Waals surface area contributed by atoms with Gasteiger partial charge in [0.2, 0.25) is 0 Å². The molecule has 0 saturated carbocycles. The van der Waals surface area contributed by atoms with Crippen LogP contribution in [0.3, 0.4) is 0 Å². The molecule has 1 radical (unpaired) electrons. The Morgan fingerprint density at radius 3 is 1.15 bits per heavy atom. The molecule has 4 aromatic heterocycles. The van der Waals surface area contributed by atoms with Gasteiger partial charge in [-0.25, -0.2) is 9.59 Å². The first-order valence-corrected chi connectivity index (χ1v) is 31.6. The number of nitrogens with zero attached hydrogens (tertiary/aromatic N) is 4. The molecule has 0 aliphatic rings. The molecule has 0 saturated heterocycles. The molecule has 0 aliphatic heterocycles. The average Bonchev–Trinajstić information content (AvgIpc) is 0.846. The number of rotatable bonds is 46. The van der Waals surface area contributed by atoms with Gasteiger partial charge in [-0.2, -0.15) is 26.3 Å². The third kappa shape index (κ3) is 39.9. The standard InChI is InChI=1S/C42H69ClN4O16.2C12H5F5N.Ir/c43-7-3-1-2-4-13-51-17-18-52-14-10-46-41(49)62-33-29-58-24-23-55-21-19-53-15-11-47-42(50)63-34-30-59-26-25-57-28-32-61-38-6-9-45-40(36-38)39-35-37(5-8-44-39)60-31-27-56-22-20-54-16-12-48;2*13-8-2-3-9(10(14)5-8)11-4-1-7(6-18-11)12(15,16)17;/h5-6,8-9,35-36,48H,1-4,7,10-34H2,(H,46,49)(H,47,50);2*1-2,4-6H;/q;2*-1;. The van der Waals surface area contributed by atoms with Crippen molar-refractivity contribution in [2.24, 2.45) is 0 Å². The number of nitrogens with one attached hydrogen (secondary N) is 2. The van der Waals surface area contributed by atoms with Crippen LogP contribution < -0.4 is 20.1 Å². The van der Waals surface area contributed by atoms with Crippen molar-refractivity contribution in [1.29, 1.82) is 0 Å². The van der Waals surface area contributed by atoms with Crippen molar-refractivity contribution < 1.29 is 140 Å². The first-order chi connectivity index (χ1) is 47.9. The number of amides is 2. The number of hydrogen-bond donors (Lipinski definition) is 3. The van der Waals surface area contributed by atoms with E-state index in [1.807, 2.05) is 0 Å². The van der Waals surface area contributed by atoms with Crippen LogP contribution in [-0.4, -0.2) is 208 Å². The number of hydrogen-bond acceptors (Lipinski definition) is 20. The van der Waals surface area contributed by atoms with Crippen molar-refractivity contribution in [1.82, 2.24) is 30.6 Å². The molecule has 0 atom stereocenters. The number of carbonyl (C=O) groups is 2. The molecule has 0 aliphatic carbocycles. The molecular weight excluding hydrogens is 1550 g/mol. The van der Waals surface area contributed by atoms with Crippen molar-refractivity contribution >= 4 is 23.8 Å². The molecule has 6 aromatic rings. The maximum absolute atomic E-state index is 13.3. The van der Waals surface area contributed by atoms with Crippen molar-refractivity contribution in [3.05, 3.63) is 144 Å². The van der Waals surface area contributed by atoms with Gasteiger partial charge in [-0.1, -0.05) is 60.4 Å². The van der Waals surface area contributed by atoms with Crippen molar-refractivity contribution in [3.63, 3.8) is 0 Å². The minimum Gasteiger partial charge on any atom is -0.491 e. The normalized spacial score (nSPS) is 11.2. The minimum absolute atomic E-state index is 0. The van der Waals surface area contributed by atoms with E-state index in [0.29, 0.717) is 179 Å². The molecule has 34 heteroatoms. The third-order valence-electron chi connectivity index (χ3n) is 12.3. The largest absolute Gasteiger partial charge is 0.491 e. The second kappa shape index (κ2) is 52.9. The summed E-state index contributed by atoms with van der Waals surface area (Å²) in [5.41, 5.74) is -1.03. The van der Waals surface area contributed by atoms with Gasteiger partial charge in [0.25, 0.3) is 0 Å². The van der Waals surface area contributed by atoms with Crippen LogP contribution in [0.2, 0.25) is 0 Å². The van der Waals surface area contributed by atoms with Crippen LogP contribution in [0.4, 0.5) is 53.5 Å². The van der Waals surface area contributed by atoms with E-state index in [1.54, 1.807) is 36.7 Å². The Morgan fingerprint density at radius 2 is 0.790 bits per heavy atom. The van der Waals surface area contributed by atoms with Gasteiger partial charge in [0.15, 0.2) is 0 Å². The summed E-state index contributed by atoms with van der Waals surface area (Å²) < 4.78 is 196. The molecule has 2 amide bonds. The fourth-order valence-electron chi connectivity index (χ4n) is 7.58. The number of aliphatic hydroxyl groups excluding tert-OH is 1. The van der Waals surface area contributed by atoms with Gasteiger partial charge in [0, 0.05) is 106 Å². The second-order valence-corrected chi connectivity index (χ2v) is 20.2. The molecule has 0 fully saturated rings. The van der Waals surface area contributed by atoms with Gasteiger partial charge in [0.05, 0.1) is 141 Å². The molecule has 0 spiro atoms. The summed E-state index contributed by atoms with van der Waals surface area (Å²) in [6, 6.07) is 18.3. The summed E-state index contributed by atoms with van der Waals surface area (Å²) in [4.78, 5) is 39.3. The minimum atomic E-state index is -4.50. The maximum atomic E-state index is 13.3. The predicted octanol–water partition coefficient (Wildman–Crippen LogP) is 11.0. The van der Waals surface area contributed by atoms with Crippen LogP contribution in [0.5, 0.6) is 11.5 Å². The zero-order valence-electron chi connectivity index (χ0n) is 54.3. The number of aliphatic hydroxyl groups is 1. The number of benzene rings is 2. The topological polar surface area (TPSA) is 250 Å². The smallest absolute Gasteiger partial charge is 0.417 e. The SMILES string of the molecule is Fc1c[c-]c(-c2ccc(C(F)(F)F)cn2)c(F)c1.Fc1c[c-]c(-c2ccc(C(F)(F)F)cn2)c(F)c1.O=C(NCCOCCOCCCCCCCl)OCCOCCOCCOCCNC(=O)OCCOCCOCCOc1ccnc(-c2cc(OCCOCCOCCO)ccn2)c1.[Ir]. The Balaban J connectivity index is 0.000000559. The molecule has 6 rings (SSSR count). The molecule has 0 unspecified atom stereocenters. The monoisotopic (exact) mass is 1630 g/mol. The molecule has 4 heterocycles. The summed E-state index contributed by atoms with van der Waals surface area (Å²) in [6.45, 7) is 8.40. The molecule has 557 valence electrons. The number of unbranched alkanes of at least 4 members (excludes halogenated alkanes) is 3. The second-order valence-electron chi connectivity index (χ2n) is 19.9. The van der Waals surface area contributed by atoms with Crippen molar-refractivity contribution in [2.75, 3.05) is 171 Å². The van der Waals surface area contributed by atoms with E-state index >= 15 is 0 Å². The van der Waals surface area contributed by atoms with Crippen molar-refractivity contribution in [3.8, 4) is 45.4 Å². The summed E-state index contributed by atoms with van der Waals surface area (Å²) in [6.07, 6.45) is -1.31. The Bertz CT molecular complexity index is 3040. The van der Waals surface area contributed by atoms with E-state index in [4.69, 9.17) is 78.3 Å². The van der Waals surface area contributed by atoms with E-state index in [-0.39, 0.29) is 82.2 Å². The van der Waals surface area contributed by atoms with Crippen LogP contribution >= 0.6 is 11.6 Å². The zero-order chi connectivity index (χ0) is 71.6. The zero-order valence-corrected chi connectivity index (χ0v) is 57.5. The summed E-state index contributed by atoms with van der Waals surface area (Å²) in [5.74, 6) is -1.52. The van der Waals surface area contributed by atoms with Crippen LogP contribution in [0, 0.1) is 35.4 Å². The Kier molecular flexibility index (Phi) is 46.2. The third-order valence-corrected chi connectivity index (χ3v) is 12.6. The number of alkyl halides is 7. The van der Waals surface area contributed by atoms with E-state index in [2.05, 4.69) is 42.7 Å². The Hall–Kier alpha value is -6.98. The first kappa shape index (κ1) is 87.2. The molecule has 2 aromatic carbocycles. The van der Waals surface area contributed by atoms with Crippen molar-refractivity contribution in [2.45, 2.75) is 38.0 Å². The van der Waals surface area contributed by atoms with Crippen LogP contribution in [0.25, 0.3) is 33.9 Å². The fraction of sp³-hybridized carbons (Fsp3) is 0.485. The van der Waals surface area contributed by atoms with Crippen LogP contribution in [-0.2, 0) is 84.6 Å².